The van der Waals surface area contributed by atoms with E-state index in [9.17, 15) is 26.3 Å². The molecular weight excluding hydrogens is 597 g/mol. The zero-order valence-corrected chi connectivity index (χ0v) is 24.7. The van der Waals surface area contributed by atoms with E-state index in [4.69, 9.17) is 0 Å². The van der Waals surface area contributed by atoms with Crippen molar-refractivity contribution in [3.8, 4) is 28.3 Å². The number of hydrogen-bond donors (Lipinski definition) is 0. The van der Waals surface area contributed by atoms with E-state index < -0.39 is 52.9 Å². The van der Waals surface area contributed by atoms with Crippen molar-refractivity contribution in [2.24, 2.45) is 5.92 Å². The Balaban J connectivity index is 1.29. The Kier molecular flexibility index (Phi) is 10.1. The van der Waals surface area contributed by atoms with Gasteiger partial charge in [-0.2, -0.15) is 8.78 Å². The number of nitrogens with zero attached hydrogens (tertiary/aromatic N) is 2. The monoisotopic (exact) mass is 630 g/mol. The zero-order valence-electron chi connectivity index (χ0n) is 24.7. The van der Waals surface area contributed by atoms with Crippen LogP contribution < -0.4 is 4.74 Å². The van der Waals surface area contributed by atoms with Crippen LogP contribution in [-0.4, -0.2) is 9.97 Å². The topological polar surface area (TPSA) is 35.0 Å². The first kappa shape index (κ1) is 32.4. The summed E-state index contributed by atoms with van der Waals surface area (Å²) in [5.41, 5.74) is -1.31. The number of rotatable bonds is 11. The highest BCUT2D eigenvalue weighted by molar-refractivity contribution is 5.69. The molecule has 0 atom stereocenters. The first-order chi connectivity index (χ1) is 21.6. The third kappa shape index (κ3) is 7.48. The molecule has 3 aromatic carbocycles. The van der Waals surface area contributed by atoms with Crippen LogP contribution in [-0.2, 0) is 12.8 Å². The largest absolute Gasteiger partial charge is 0.432 e. The van der Waals surface area contributed by atoms with Crippen LogP contribution in [0.4, 0.5) is 30.7 Å². The van der Waals surface area contributed by atoms with Crippen molar-refractivity contribution >= 4 is 0 Å². The standard InChI is InChI=1S/C35H33F7N2O/c1-2-3-4-5-21-6-8-22(9-7-21)26-19-43-34(44-20-26)23-11-13-28(30(38)14-23)25-15-31(39)33(32(40)16-25)35(41,42)45-27-12-10-24(18-36)29(37)17-27/h10-17,19-22H,2-9,18H2,1H3. The van der Waals surface area contributed by atoms with Crippen molar-refractivity contribution in [3.63, 3.8) is 0 Å². The van der Waals surface area contributed by atoms with E-state index >= 15 is 4.39 Å². The third-order valence-corrected chi connectivity index (χ3v) is 8.49. The van der Waals surface area contributed by atoms with Crippen LogP contribution in [0.3, 0.4) is 0 Å². The highest BCUT2D eigenvalue weighted by Gasteiger charge is 2.41. The molecule has 0 bridgehead atoms. The third-order valence-electron chi connectivity index (χ3n) is 8.49. The lowest BCUT2D eigenvalue weighted by molar-refractivity contribution is -0.189. The number of benzene rings is 3. The SMILES string of the molecule is CCCCCC1CCC(c2cnc(-c3ccc(-c4cc(F)c(C(F)(F)Oc5ccc(CF)c(F)c5)c(F)c4)c(F)c3)nc2)CC1. The predicted molar refractivity (Wildman–Crippen MR) is 157 cm³/mol. The molecule has 0 N–H and O–H groups in total. The molecule has 1 heterocycles. The Morgan fingerprint density at radius 2 is 1.44 bits per heavy atom. The van der Waals surface area contributed by atoms with Crippen molar-refractivity contribution in [3.05, 3.63) is 101 Å². The maximum Gasteiger partial charge on any atom is 0.432 e. The number of aromatic nitrogens is 2. The predicted octanol–water partition coefficient (Wildman–Crippen LogP) is 10.8. The van der Waals surface area contributed by atoms with Crippen molar-refractivity contribution in [2.45, 2.75) is 77.0 Å². The van der Waals surface area contributed by atoms with E-state index in [0.717, 1.165) is 42.5 Å². The molecule has 0 radical (unpaired) electrons. The number of hydrogen-bond acceptors (Lipinski definition) is 3. The van der Waals surface area contributed by atoms with Crippen molar-refractivity contribution < 1.29 is 35.5 Å². The minimum atomic E-state index is -4.56. The van der Waals surface area contributed by atoms with Gasteiger partial charge in [0.15, 0.2) is 5.82 Å². The number of unbranched alkanes of at least 4 members (excludes halogenated alkanes) is 2. The second kappa shape index (κ2) is 14.0. The van der Waals surface area contributed by atoms with Gasteiger partial charge in [0, 0.05) is 35.2 Å². The van der Waals surface area contributed by atoms with Gasteiger partial charge in [0.25, 0.3) is 0 Å². The molecule has 1 aromatic heterocycles. The molecule has 0 amide bonds. The van der Waals surface area contributed by atoms with Crippen molar-refractivity contribution in [1.82, 2.24) is 9.97 Å². The summed E-state index contributed by atoms with van der Waals surface area (Å²) < 4.78 is 105. The first-order valence-electron chi connectivity index (χ1n) is 15.1. The Bertz CT molecular complexity index is 1600. The fourth-order valence-electron chi connectivity index (χ4n) is 5.96. The van der Waals surface area contributed by atoms with E-state index in [-0.39, 0.29) is 17.0 Å². The summed E-state index contributed by atoms with van der Waals surface area (Å²) in [6.45, 7) is 1.03. The van der Waals surface area contributed by atoms with E-state index in [1.807, 2.05) is 0 Å². The molecule has 4 aromatic rings. The van der Waals surface area contributed by atoms with Gasteiger partial charge < -0.3 is 4.74 Å². The van der Waals surface area contributed by atoms with E-state index in [1.54, 1.807) is 12.4 Å². The average Bonchev–Trinajstić information content (AvgIpc) is 3.01. The second-order valence-electron chi connectivity index (χ2n) is 11.6. The molecular formula is C35H33F7N2O. The second-order valence-corrected chi connectivity index (χ2v) is 11.6. The average molecular weight is 631 g/mol. The number of halogens is 7. The molecule has 238 valence electrons. The summed E-state index contributed by atoms with van der Waals surface area (Å²) in [4.78, 5) is 8.85. The van der Waals surface area contributed by atoms with E-state index in [0.29, 0.717) is 29.7 Å². The van der Waals surface area contributed by atoms with Crippen LogP contribution in [0.2, 0.25) is 0 Å². The smallest absolute Gasteiger partial charge is 0.429 e. The highest BCUT2D eigenvalue weighted by atomic mass is 19.3. The van der Waals surface area contributed by atoms with Crippen LogP contribution in [0, 0.1) is 29.2 Å². The van der Waals surface area contributed by atoms with Gasteiger partial charge in [-0.1, -0.05) is 44.7 Å². The summed E-state index contributed by atoms with van der Waals surface area (Å²) in [5, 5.41) is 0. The minimum Gasteiger partial charge on any atom is -0.429 e. The van der Waals surface area contributed by atoms with Gasteiger partial charge in [-0.25, -0.2) is 31.9 Å². The van der Waals surface area contributed by atoms with Gasteiger partial charge in [-0.3, -0.25) is 0 Å². The molecule has 0 aliphatic heterocycles. The Hall–Kier alpha value is -3.95. The number of ether oxygens (including phenoxy) is 1. The van der Waals surface area contributed by atoms with E-state index in [1.165, 1.54) is 50.7 Å². The number of alkyl halides is 3. The maximum absolute atomic E-state index is 15.2. The van der Waals surface area contributed by atoms with Gasteiger partial charge in [0.1, 0.15) is 41.3 Å². The molecule has 45 heavy (non-hydrogen) atoms. The molecule has 0 saturated heterocycles. The summed E-state index contributed by atoms with van der Waals surface area (Å²) in [7, 11) is 0. The maximum atomic E-state index is 15.2. The summed E-state index contributed by atoms with van der Waals surface area (Å²) in [5.74, 6) is -4.75. The van der Waals surface area contributed by atoms with E-state index in [2.05, 4.69) is 21.6 Å². The molecule has 10 heteroatoms. The molecule has 5 rings (SSSR count). The van der Waals surface area contributed by atoms with Crippen molar-refractivity contribution in [1.29, 1.82) is 0 Å². The molecule has 1 aliphatic carbocycles. The Labute approximate surface area is 257 Å². The lowest BCUT2D eigenvalue weighted by Gasteiger charge is -2.28. The van der Waals surface area contributed by atoms with Gasteiger partial charge >= 0.3 is 6.11 Å². The zero-order chi connectivity index (χ0) is 32.1. The minimum absolute atomic E-state index is 0.233. The Morgan fingerprint density at radius 1 is 0.778 bits per heavy atom. The lowest BCUT2D eigenvalue weighted by atomic mass is 9.77. The fourth-order valence-corrected chi connectivity index (χ4v) is 5.96. The quantitative estimate of drug-likeness (QED) is 0.122. The van der Waals surface area contributed by atoms with Gasteiger partial charge in [-0.15, -0.1) is 0 Å². The molecule has 1 saturated carbocycles. The molecule has 0 unspecified atom stereocenters. The van der Waals surface area contributed by atoms with Gasteiger partial charge in [-0.05, 0) is 79.0 Å². The summed E-state index contributed by atoms with van der Waals surface area (Å²) >= 11 is 0. The highest BCUT2D eigenvalue weighted by Crippen LogP contribution is 2.39. The molecule has 1 fully saturated rings. The van der Waals surface area contributed by atoms with Gasteiger partial charge in [0.2, 0.25) is 0 Å². The molecule has 1 aliphatic rings. The normalized spacial score (nSPS) is 17.0. The van der Waals surface area contributed by atoms with Crippen molar-refractivity contribution in [2.75, 3.05) is 0 Å². The fraction of sp³-hybridized carbons (Fsp3) is 0.371. The summed E-state index contributed by atoms with van der Waals surface area (Å²) in [6.07, 6.45) is 8.54. The van der Waals surface area contributed by atoms with Crippen LogP contribution in [0.15, 0.2) is 60.9 Å². The lowest BCUT2D eigenvalue weighted by Crippen LogP contribution is -2.25. The molecule has 0 spiro atoms. The molecule has 3 nitrogen and oxygen atoms in total. The summed E-state index contributed by atoms with van der Waals surface area (Å²) in [6, 6.07) is 7.19. The Morgan fingerprint density at radius 3 is 2.04 bits per heavy atom. The van der Waals surface area contributed by atoms with Crippen LogP contribution in [0.1, 0.15) is 80.9 Å². The van der Waals surface area contributed by atoms with Crippen LogP contribution in [0.5, 0.6) is 5.75 Å². The van der Waals surface area contributed by atoms with Crippen LogP contribution >= 0.6 is 0 Å². The first-order valence-corrected chi connectivity index (χ1v) is 15.1. The van der Waals surface area contributed by atoms with Gasteiger partial charge in [0.05, 0.1) is 0 Å². The van der Waals surface area contributed by atoms with Crippen LogP contribution in [0.25, 0.3) is 22.5 Å².